The van der Waals surface area contributed by atoms with Crippen molar-refractivity contribution in [3.63, 3.8) is 0 Å². The summed E-state index contributed by atoms with van der Waals surface area (Å²) < 4.78 is 5.38. The first kappa shape index (κ1) is 10.1. The number of ether oxygens (including phenoxy) is 1. The SMILES string of the molecule is COC(=O)C(O)c1nc2ccccc2s1. The lowest BCUT2D eigenvalue weighted by atomic mass is 10.3. The summed E-state index contributed by atoms with van der Waals surface area (Å²) in [6, 6.07) is 7.46. The number of aromatic nitrogens is 1. The number of aliphatic hydroxyl groups is 1. The molecule has 2 aromatic rings. The molecular weight excluding hydrogens is 214 g/mol. The van der Waals surface area contributed by atoms with Gasteiger partial charge in [-0.25, -0.2) is 9.78 Å². The van der Waals surface area contributed by atoms with Crippen LogP contribution in [0, 0.1) is 0 Å². The summed E-state index contributed by atoms with van der Waals surface area (Å²) in [7, 11) is 1.23. The third-order valence-corrected chi connectivity index (χ3v) is 3.06. The molecule has 5 heteroatoms. The highest BCUT2D eigenvalue weighted by Crippen LogP contribution is 2.26. The average molecular weight is 223 g/mol. The number of carbonyl (C=O) groups is 1. The summed E-state index contributed by atoms with van der Waals surface area (Å²) in [5.41, 5.74) is 0.778. The number of nitrogens with zero attached hydrogens (tertiary/aromatic N) is 1. The van der Waals surface area contributed by atoms with E-state index in [-0.39, 0.29) is 0 Å². The molecular formula is C10H9NO3S. The van der Waals surface area contributed by atoms with Gasteiger partial charge in [-0.15, -0.1) is 11.3 Å². The number of methoxy groups -OCH3 is 1. The van der Waals surface area contributed by atoms with Crippen molar-refractivity contribution < 1.29 is 14.6 Å². The molecule has 0 saturated carbocycles. The van der Waals surface area contributed by atoms with Crippen molar-refractivity contribution in [3.05, 3.63) is 29.3 Å². The number of rotatable bonds is 2. The Balaban J connectivity index is 2.40. The molecule has 1 atom stereocenters. The summed E-state index contributed by atoms with van der Waals surface area (Å²) in [4.78, 5) is 15.2. The lowest BCUT2D eigenvalue weighted by Gasteiger charge is -2.02. The van der Waals surface area contributed by atoms with Crippen LogP contribution >= 0.6 is 11.3 Å². The van der Waals surface area contributed by atoms with Crippen LogP contribution in [0.5, 0.6) is 0 Å². The van der Waals surface area contributed by atoms with Crippen LogP contribution in [0.1, 0.15) is 11.1 Å². The number of carbonyl (C=O) groups excluding carboxylic acids is 1. The zero-order valence-electron chi connectivity index (χ0n) is 8.01. The molecule has 0 aliphatic rings. The number of thiazole rings is 1. The van der Waals surface area contributed by atoms with Crippen LogP contribution in [0.3, 0.4) is 0 Å². The quantitative estimate of drug-likeness (QED) is 0.784. The standard InChI is InChI=1S/C10H9NO3S/c1-14-10(13)8(12)9-11-6-4-2-3-5-7(6)15-9/h2-5,8,12H,1H3. The molecule has 1 heterocycles. The molecule has 0 aliphatic carbocycles. The van der Waals surface area contributed by atoms with Crippen LogP contribution in [0.15, 0.2) is 24.3 Å². The Morgan fingerprint density at radius 3 is 2.93 bits per heavy atom. The predicted octanol–water partition coefficient (Wildman–Crippen LogP) is 1.50. The van der Waals surface area contributed by atoms with Gasteiger partial charge in [0.2, 0.25) is 6.10 Å². The molecule has 0 aliphatic heterocycles. The van der Waals surface area contributed by atoms with E-state index in [4.69, 9.17) is 0 Å². The maximum atomic E-state index is 11.1. The Kier molecular flexibility index (Phi) is 2.66. The molecule has 1 aromatic heterocycles. The van der Waals surface area contributed by atoms with Gasteiger partial charge in [0.25, 0.3) is 0 Å². The third kappa shape index (κ3) is 1.84. The minimum atomic E-state index is -1.28. The maximum absolute atomic E-state index is 11.1. The van der Waals surface area contributed by atoms with Crippen LogP contribution < -0.4 is 0 Å². The van der Waals surface area contributed by atoms with Crippen LogP contribution in [0.25, 0.3) is 10.2 Å². The topological polar surface area (TPSA) is 59.4 Å². The van der Waals surface area contributed by atoms with E-state index < -0.39 is 12.1 Å². The van der Waals surface area contributed by atoms with Crippen molar-refractivity contribution in [1.29, 1.82) is 0 Å². The molecule has 15 heavy (non-hydrogen) atoms. The van der Waals surface area contributed by atoms with Gasteiger partial charge in [0.05, 0.1) is 17.3 Å². The molecule has 0 saturated heterocycles. The van der Waals surface area contributed by atoms with Crippen LogP contribution in [-0.4, -0.2) is 23.2 Å². The van der Waals surface area contributed by atoms with E-state index in [1.807, 2.05) is 24.3 Å². The highest BCUT2D eigenvalue weighted by Gasteiger charge is 2.21. The van der Waals surface area contributed by atoms with Gasteiger partial charge in [0.1, 0.15) is 5.01 Å². The second-order valence-electron chi connectivity index (χ2n) is 2.95. The highest BCUT2D eigenvalue weighted by molar-refractivity contribution is 7.18. The van der Waals surface area contributed by atoms with E-state index in [0.29, 0.717) is 5.01 Å². The first-order chi connectivity index (χ1) is 7.22. The lowest BCUT2D eigenvalue weighted by Crippen LogP contribution is -2.12. The van der Waals surface area contributed by atoms with E-state index in [9.17, 15) is 9.90 Å². The van der Waals surface area contributed by atoms with Crippen molar-refractivity contribution in [2.24, 2.45) is 0 Å². The molecule has 0 spiro atoms. The minimum Gasteiger partial charge on any atom is -0.467 e. The molecule has 78 valence electrons. The van der Waals surface area contributed by atoms with Gasteiger partial charge in [-0.3, -0.25) is 0 Å². The summed E-state index contributed by atoms with van der Waals surface area (Å²) >= 11 is 1.29. The monoisotopic (exact) mass is 223 g/mol. The van der Waals surface area contributed by atoms with Crippen molar-refractivity contribution in [3.8, 4) is 0 Å². The number of para-hydroxylation sites is 1. The van der Waals surface area contributed by atoms with Crippen LogP contribution in [0.4, 0.5) is 0 Å². The number of hydrogen-bond acceptors (Lipinski definition) is 5. The molecule has 0 amide bonds. The van der Waals surface area contributed by atoms with E-state index in [1.54, 1.807) is 0 Å². The number of hydrogen-bond donors (Lipinski definition) is 1. The van der Waals surface area contributed by atoms with Gasteiger partial charge >= 0.3 is 5.97 Å². The second-order valence-corrected chi connectivity index (χ2v) is 4.01. The fourth-order valence-electron chi connectivity index (χ4n) is 1.22. The fourth-order valence-corrected chi connectivity index (χ4v) is 2.16. The van der Waals surface area contributed by atoms with Gasteiger partial charge < -0.3 is 9.84 Å². The first-order valence-corrected chi connectivity index (χ1v) is 5.15. The average Bonchev–Trinajstić information content (AvgIpc) is 2.70. The molecule has 1 aromatic carbocycles. The molecule has 0 radical (unpaired) electrons. The van der Waals surface area contributed by atoms with E-state index in [1.165, 1.54) is 18.4 Å². The molecule has 0 bridgehead atoms. The van der Waals surface area contributed by atoms with Gasteiger partial charge in [-0.2, -0.15) is 0 Å². The Morgan fingerprint density at radius 1 is 1.53 bits per heavy atom. The smallest absolute Gasteiger partial charge is 0.341 e. The second kappa shape index (κ2) is 3.96. The summed E-state index contributed by atoms with van der Waals surface area (Å²) in [6.07, 6.45) is -1.28. The molecule has 2 rings (SSSR count). The van der Waals surface area contributed by atoms with Gasteiger partial charge in [0.15, 0.2) is 0 Å². The number of fused-ring (bicyclic) bond motifs is 1. The van der Waals surface area contributed by atoms with Crippen LogP contribution in [0.2, 0.25) is 0 Å². The zero-order valence-corrected chi connectivity index (χ0v) is 8.82. The minimum absolute atomic E-state index is 0.364. The fraction of sp³-hybridized carbons (Fsp3) is 0.200. The van der Waals surface area contributed by atoms with Gasteiger partial charge in [0, 0.05) is 0 Å². The Labute approximate surface area is 90.1 Å². The summed E-state index contributed by atoms with van der Waals surface area (Å²) in [5, 5.41) is 9.93. The highest BCUT2D eigenvalue weighted by atomic mass is 32.1. The third-order valence-electron chi connectivity index (χ3n) is 1.97. The van der Waals surface area contributed by atoms with E-state index in [2.05, 4.69) is 9.72 Å². The first-order valence-electron chi connectivity index (χ1n) is 4.33. The van der Waals surface area contributed by atoms with Crippen molar-refractivity contribution in [2.75, 3.05) is 7.11 Å². The van der Waals surface area contributed by atoms with Crippen molar-refractivity contribution in [2.45, 2.75) is 6.10 Å². The summed E-state index contributed by atoms with van der Waals surface area (Å²) in [5.74, 6) is -0.686. The van der Waals surface area contributed by atoms with E-state index >= 15 is 0 Å². The lowest BCUT2D eigenvalue weighted by molar-refractivity contribution is -0.150. The van der Waals surface area contributed by atoms with Crippen molar-refractivity contribution >= 4 is 27.5 Å². The van der Waals surface area contributed by atoms with Crippen LogP contribution in [-0.2, 0) is 9.53 Å². The largest absolute Gasteiger partial charge is 0.467 e. The number of benzene rings is 1. The van der Waals surface area contributed by atoms with Gasteiger partial charge in [-0.1, -0.05) is 12.1 Å². The molecule has 1 unspecified atom stereocenters. The van der Waals surface area contributed by atoms with Gasteiger partial charge in [-0.05, 0) is 12.1 Å². The normalized spacial score (nSPS) is 12.7. The maximum Gasteiger partial charge on any atom is 0.341 e. The Bertz CT molecular complexity index is 461. The Hall–Kier alpha value is -1.46. The molecule has 1 N–H and O–H groups in total. The molecule has 0 fully saturated rings. The number of esters is 1. The number of aliphatic hydroxyl groups excluding tert-OH is 1. The zero-order chi connectivity index (χ0) is 10.8. The predicted molar refractivity (Wildman–Crippen MR) is 56.6 cm³/mol. The Morgan fingerprint density at radius 2 is 2.27 bits per heavy atom. The summed E-state index contributed by atoms with van der Waals surface area (Å²) in [6.45, 7) is 0. The van der Waals surface area contributed by atoms with E-state index in [0.717, 1.165) is 10.2 Å². The molecule has 4 nitrogen and oxygen atoms in total. The van der Waals surface area contributed by atoms with Crippen molar-refractivity contribution in [1.82, 2.24) is 4.98 Å².